The van der Waals surface area contributed by atoms with Crippen LogP contribution in [-0.2, 0) is 9.59 Å². The van der Waals surface area contributed by atoms with Gasteiger partial charge in [0, 0.05) is 16.3 Å². The number of nitrogens with zero attached hydrogens (tertiary/aromatic N) is 1. The molecule has 8 heteroatoms. The average molecular weight is 438 g/mol. The summed E-state index contributed by atoms with van der Waals surface area (Å²) in [6, 6.07) is 12.2. The molecule has 0 saturated carbocycles. The van der Waals surface area contributed by atoms with Crippen molar-refractivity contribution in [3.8, 4) is 11.5 Å². The van der Waals surface area contributed by atoms with E-state index in [0.717, 1.165) is 5.56 Å². The number of aliphatic hydroxyl groups excluding tert-OH is 1. The Morgan fingerprint density at radius 3 is 2.68 bits per heavy atom. The number of hydrogen-bond donors (Lipinski definition) is 1. The Labute approximate surface area is 182 Å². The molecule has 5 rings (SSSR count). The highest BCUT2D eigenvalue weighted by Crippen LogP contribution is 2.44. The minimum absolute atomic E-state index is 0.0738. The van der Waals surface area contributed by atoms with E-state index in [1.165, 1.54) is 11.2 Å². The van der Waals surface area contributed by atoms with Crippen molar-refractivity contribution in [1.29, 1.82) is 0 Å². The number of furan rings is 1. The maximum absolute atomic E-state index is 13.1. The van der Waals surface area contributed by atoms with Gasteiger partial charge in [-0.05, 0) is 55.0 Å². The summed E-state index contributed by atoms with van der Waals surface area (Å²) in [7, 11) is 0. The van der Waals surface area contributed by atoms with E-state index < -0.39 is 17.7 Å². The summed E-state index contributed by atoms with van der Waals surface area (Å²) in [4.78, 5) is 27.5. The fraction of sp³-hybridized carbons (Fsp3) is 0.130. The lowest BCUT2D eigenvalue weighted by atomic mass is 9.98. The molecule has 1 unspecified atom stereocenters. The Hall–Kier alpha value is -3.71. The van der Waals surface area contributed by atoms with Crippen LogP contribution in [0.3, 0.4) is 0 Å². The molecular formula is C23H16ClNO6. The molecule has 0 spiro atoms. The summed E-state index contributed by atoms with van der Waals surface area (Å²) in [6.07, 6.45) is 1.45. The van der Waals surface area contributed by atoms with E-state index in [4.69, 9.17) is 25.5 Å². The summed E-state index contributed by atoms with van der Waals surface area (Å²) < 4.78 is 16.2. The molecule has 1 fully saturated rings. The highest BCUT2D eigenvalue weighted by Gasteiger charge is 2.48. The maximum atomic E-state index is 13.1. The van der Waals surface area contributed by atoms with Gasteiger partial charge in [-0.1, -0.05) is 17.7 Å². The smallest absolute Gasteiger partial charge is 0.300 e. The summed E-state index contributed by atoms with van der Waals surface area (Å²) in [6.45, 7) is 1.88. The van der Waals surface area contributed by atoms with E-state index >= 15 is 0 Å². The zero-order chi connectivity index (χ0) is 21.7. The first kappa shape index (κ1) is 19.3. The SMILES string of the molecule is Cc1ccc(Cl)cc1N1C(=O)C(=O)/C(=C(\O)c2ccc3c(c2)OCO3)C1c1ccco1. The van der Waals surface area contributed by atoms with Gasteiger partial charge in [-0.3, -0.25) is 14.5 Å². The molecule has 0 bridgehead atoms. The number of Topliss-reactive ketones (excluding diaryl/α,β-unsaturated/α-hetero) is 1. The molecule has 2 aliphatic heterocycles. The summed E-state index contributed by atoms with van der Waals surface area (Å²) in [5, 5.41) is 11.5. The molecule has 1 atom stereocenters. The predicted molar refractivity (Wildman–Crippen MR) is 112 cm³/mol. The van der Waals surface area contributed by atoms with Crippen LogP contribution in [0.15, 0.2) is 64.8 Å². The number of aryl methyl sites for hydroxylation is 1. The molecule has 2 aliphatic rings. The molecule has 3 aromatic rings. The highest BCUT2D eigenvalue weighted by molar-refractivity contribution is 6.51. The second-order valence-electron chi connectivity index (χ2n) is 7.18. The minimum atomic E-state index is -0.961. The number of fused-ring (bicyclic) bond motifs is 1. The third kappa shape index (κ3) is 3.05. The number of amides is 1. The second kappa shape index (κ2) is 7.21. The predicted octanol–water partition coefficient (Wildman–Crippen LogP) is 4.60. The van der Waals surface area contributed by atoms with Crippen LogP contribution >= 0.6 is 11.6 Å². The Morgan fingerprint density at radius 2 is 1.90 bits per heavy atom. The van der Waals surface area contributed by atoms with Crippen molar-refractivity contribution in [2.24, 2.45) is 0 Å². The lowest BCUT2D eigenvalue weighted by molar-refractivity contribution is -0.132. The van der Waals surface area contributed by atoms with Crippen molar-refractivity contribution in [2.45, 2.75) is 13.0 Å². The monoisotopic (exact) mass is 437 g/mol. The second-order valence-corrected chi connectivity index (χ2v) is 7.62. The molecule has 2 aromatic carbocycles. The summed E-state index contributed by atoms with van der Waals surface area (Å²) in [5.74, 6) is -0.626. The molecule has 1 aromatic heterocycles. The van der Waals surface area contributed by atoms with Crippen LogP contribution in [0.25, 0.3) is 5.76 Å². The fourth-order valence-electron chi connectivity index (χ4n) is 3.84. The van der Waals surface area contributed by atoms with Crippen LogP contribution in [-0.4, -0.2) is 23.6 Å². The number of rotatable bonds is 3. The van der Waals surface area contributed by atoms with E-state index in [1.54, 1.807) is 48.5 Å². The number of halogens is 1. The van der Waals surface area contributed by atoms with Gasteiger partial charge in [0.2, 0.25) is 6.79 Å². The third-order valence-corrected chi connectivity index (χ3v) is 5.57. The first-order valence-electron chi connectivity index (χ1n) is 9.46. The highest BCUT2D eigenvalue weighted by atomic mass is 35.5. The zero-order valence-corrected chi connectivity index (χ0v) is 17.1. The van der Waals surface area contributed by atoms with Crippen LogP contribution in [0.1, 0.15) is 22.9 Å². The van der Waals surface area contributed by atoms with Gasteiger partial charge in [0.25, 0.3) is 11.7 Å². The van der Waals surface area contributed by atoms with Crippen molar-refractivity contribution in [2.75, 3.05) is 11.7 Å². The molecule has 156 valence electrons. The first-order valence-corrected chi connectivity index (χ1v) is 9.84. The van der Waals surface area contributed by atoms with E-state index in [1.807, 2.05) is 6.92 Å². The number of ketones is 1. The Bertz CT molecular complexity index is 1250. The Kier molecular flexibility index (Phi) is 4.48. The van der Waals surface area contributed by atoms with Crippen molar-refractivity contribution in [3.05, 3.63) is 82.3 Å². The maximum Gasteiger partial charge on any atom is 0.300 e. The number of hydrogen-bond acceptors (Lipinski definition) is 6. The van der Waals surface area contributed by atoms with Gasteiger partial charge in [0.1, 0.15) is 17.6 Å². The third-order valence-electron chi connectivity index (χ3n) is 5.33. The molecule has 3 heterocycles. The summed E-state index contributed by atoms with van der Waals surface area (Å²) >= 11 is 6.17. The molecule has 0 aliphatic carbocycles. The van der Waals surface area contributed by atoms with E-state index in [2.05, 4.69) is 0 Å². The number of benzene rings is 2. The lowest BCUT2D eigenvalue weighted by Gasteiger charge is -2.25. The number of carbonyl (C=O) groups excluding carboxylic acids is 2. The first-order chi connectivity index (χ1) is 15.0. The fourth-order valence-corrected chi connectivity index (χ4v) is 4.00. The molecule has 0 radical (unpaired) electrons. The van der Waals surface area contributed by atoms with Gasteiger partial charge in [-0.25, -0.2) is 0 Å². The summed E-state index contributed by atoms with van der Waals surface area (Å²) in [5.41, 5.74) is 1.44. The number of ether oxygens (including phenoxy) is 2. The van der Waals surface area contributed by atoms with Crippen LogP contribution in [0.2, 0.25) is 5.02 Å². The van der Waals surface area contributed by atoms with Crippen LogP contribution in [0.4, 0.5) is 5.69 Å². The van der Waals surface area contributed by atoms with Gasteiger partial charge in [0.15, 0.2) is 11.5 Å². The minimum Gasteiger partial charge on any atom is -0.507 e. The van der Waals surface area contributed by atoms with Gasteiger partial charge in [-0.2, -0.15) is 0 Å². The lowest BCUT2D eigenvalue weighted by Crippen LogP contribution is -2.30. The standard InChI is InChI=1S/C23H16ClNO6/c1-12-4-6-14(24)10-15(12)25-20(17-3-2-8-29-17)19(22(27)23(25)28)21(26)13-5-7-16-18(9-13)31-11-30-16/h2-10,20,26H,11H2,1H3/b21-19-. The van der Waals surface area contributed by atoms with Gasteiger partial charge < -0.3 is 19.0 Å². The van der Waals surface area contributed by atoms with Gasteiger partial charge in [-0.15, -0.1) is 0 Å². The van der Waals surface area contributed by atoms with Crippen molar-refractivity contribution < 1.29 is 28.6 Å². The number of aliphatic hydroxyl groups is 1. The van der Waals surface area contributed by atoms with Crippen LogP contribution in [0, 0.1) is 6.92 Å². The van der Waals surface area contributed by atoms with Crippen LogP contribution < -0.4 is 14.4 Å². The Balaban J connectivity index is 1.71. The molecule has 1 N–H and O–H groups in total. The van der Waals surface area contributed by atoms with Crippen molar-refractivity contribution in [1.82, 2.24) is 0 Å². The molecule has 1 amide bonds. The van der Waals surface area contributed by atoms with Crippen molar-refractivity contribution in [3.63, 3.8) is 0 Å². The topological polar surface area (TPSA) is 89.2 Å². The van der Waals surface area contributed by atoms with Crippen LogP contribution in [0.5, 0.6) is 11.5 Å². The normalized spacial score (nSPS) is 19.3. The molecular weight excluding hydrogens is 422 g/mol. The average Bonchev–Trinajstić information content (AvgIpc) is 3.50. The largest absolute Gasteiger partial charge is 0.507 e. The van der Waals surface area contributed by atoms with Crippen molar-refractivity contribution >= 4 is 34.7 Å². The molecule has 31 heavy (non-hydrogen) atoms. The van der Waals surface area contributed by atoms with Gasteiger partial charge in [0.05, 0.1) is 11.8 Å². The van der Waals surface area contributed by atoms with Gasteiger partial charge >= 0.3 is 0 Å². The number of anilines is 1. The number of carbonyl (C=O) groups is 2. The zero-order valence-electron chi connectivity index (χ0n) is 16.3. The quantitative estimate of drug-likeness (QED) is 0.366. The Morgan fingerprint density at radius 1 is 1.10 bits per heavy atom. The molecule has 1 saturated heterocycles. The molecule has 7 nitrogen and oxygen atoms in total. The van der Waals surface area contributed by atoms with E-state index in [9.17, 15) is 14.7 Å². The van der Waals surface area contributed by atoms with E-state index in [0.29, 0.717) is 33.5 Å². The van der Waals surface area contributed by atoms with E-state index in [-0.39, 0.29) is 18.1 Å².